The Morgan fingerprint density at radius 3 is 2.54 bits per heavy atom. The predicted molar refractivity (Wildman–Crippen MR) is 131 cm³/mol. The van der Waals surface area contributed by atoms with Gasteiger partial charge in [-0.3, -0.25) is 9.36 Å². The third-order valence-electron chi connectivity index (χ3n) is 6.27. The Kier molecular flexibility index (Phi) is 6.94. The second-order valence-electron chi connectivity index (χ2n) is 8.63. The van der Waals surface area contributed by atoms with Crippen molar-refractivity contribution in [2.24, 2.45) is 0 Å². The number of aliphatic hydroxyl groups excluding tert-OH is 4. The number of nitrogens with zero attached hydrogens (tertiary/aromatic N) is 5. The molecule has 3 heterocycles. The third-order valence-corrected chi connectivity index (χ3v) is 6.51. The molecule has 194 valence electrons. The molecular weight excluding hydrogens is 506 g/mol. The molecule has 0 spiro atoms. The van der Waals surface area contributed by atoms with E-state index in [1.807, 2.05) is 0 Å². The van der Waals surface area contributed by atoms with E-state index < -0.39 is 37.3 Å². The zero-order valence-electron chi connectivity index (χ0n) is 19.5. The first-order chi connectivity index (χ1) is 17.8. The Balaban J connectivity index is 1.54. The summed E-state index contributed by atoms with van der Waals surface area (Å²) in [5, 5.41) is 48.9. The average Bonchev–Trinajstić information content (AvgIpc) is 3.37. The Hall–Kier alpha value is -3.39. The quantitative estimate of drug-likeness (QED) is 0.273. The van der Waals surface area contributed by atoms with E-state index in [-0.39, 0.29) is 12.1 Å². The number of halogens is 1. The van der Waals surface area contributed by atoms with E-state index >= 15 is 0 Å². The lowest BCUT2D eigenvalue weighted by Gasteiger charge is -2.39. The van der Waals surface area contributed by atoms with Gasteiger partial charge in [0, 0.05) is 10.6 Å². The number of aliphatic hydroxyl groups is 4. The molecule has 0 unspecified atom stereocenters. The summed E-state index contributed by atoms with van der Waals surface area (Å²) in [6.45, 7) is -0.598. The average molecular weight is 530 g/mol. The highest BCUT2D eigenvalue weighted by molar-refractivity contribution is 6.31. The minimum atomic E-state index is -1.57. The molecule has 1 aliphatic heterocycles. The molecule has 37 heavy (non-hydrogen) atoms. The molecule has 0 bridgehead atoms. The number of rotatable bonds is 6. The van der Waals surface area contributed by atoms with Crippen LogP contribution in [-0.2, 0) is 11.3 Å². The van der Waals surface area contributed by atoms with Crippen molar-refractivity contribution in [2.45, 2.75) is 37.2 Å². The molecule has 5 atom stereocenters. The number of aromatic nitrogens is 5. The molecule has 1 aliphatic rings. The van der Waals surface area contributed by atoms with Crippen molar-refractivity contribution in [1.82, 2.24) is 24.5 Å². The van der Waals surface area contributed by atoms with E-state index in [0.29, 0.717) is 38.8 Å². The first-order valence-electron chi connectivity index (χ1n) is 11.4. The fraction of sp³-hybridized carbons (Fsp3) is 0.333. The van der Waals surface area contributed by atoms with Crippen LogP contribution in [0, 0.1) is 0 Å². The Labute approximate surface area is 214 Å². The highest BCUT2D eigenvalue weighted by Gasteiger charge is 2.44. The summed E-state index contributed by atoms with van der Waals surface area (Å²) in [5.74, 6) is 1.01. The Bertz CT molecular complexity index is 1470. The molecule has 13 heteroatoms. The van der Waals surface area contributed by atoms with Crippen molar-refractivity contribution in [2.75, 3.05) is 13.7 Å². The summed E-state index contributed by atoms with van der Waals surface area (Å²) in [5.41, 5.74) is 1.10. The SMILES string of the molecule is COc1ccc(-c2nc3cc(Cl)ccc3c(=O)n2Cc2cn([C@@H]3O[C@H](CO)[C@H](O)[C@H](O)[C@H]3O)nn2)cc1. The molecular formula is C24H24ClN5O7. The summed E-state index contributed by atoms with van der Waals surface area (Å²) >= 11 is 6.14. The molecule has 4 N–H and O–H groups in total. The molecule has 12 nitrogen and oxygen atoms in total. The van der Waals surface area contributed by atoms with Crippen molar-refractivity contribution in [3.8, 4) is 17.1 Å². The number of methoxy groups -OCH3 is 1. The van der Waals surface area contributed by atoms with Gasteiger partial charge in [-0.25, -0.2) is 9.67 Å². The fourth-order valence-electron chi connectivity index (χ4n) is 4.27. The maximum Gasteiger partial charge on any atom is 0.262 e. The number of ether oxygens (including phenoxy) is 2. The largest absolute Gasteiger partial charge is 0.497 e. The van der Waals surface area contributed by atoms with Gasteiger partial charge in [0.1, 0.15) is 41.7 Å². The lowest BCUT2D eigenvalue weighted by Crippen LogP contribution is -2.56. The number of hydrogen-bond donors (Lipinski definition) is 4. The van der Waals surface area contributed by atoms with Crippen molar-refractivity contribution in [3.63, 3.8) is 0 Å². The van der Waals surface area contributed by atoms with Crippen LogP contribution in [0.15, 0.2) is 53.5 Å². The maximum atomic E-state index is 13.5. The van der Waals surface area contributed by atoms with Gasteiger partial charge < -0.3 is 29.9 Å². The first kappa shape index (κ1) is 25.3. The molecule has 2 aromatic carbocycles. The second kappa shape index (κ2) is 10.2. The number of fused-ring (bicyclic) bond motifs is 1. The van der Waals surface area contributed by atoms with Crippen LogP contribution < -0.4 is 10.3 Å². The summed E-state index contributed by atoms with van der Waals surface area (Å²) in [6.07, 6.45) is -5.46. The van der Waals surface area contributed by atoms with Crippen molar-refractivity contribution in [3.05, 3.63) is 69.7 Å². The van der Waals surface area contributed by atoms with Crippen LogP contribution in [0.4, 0.5) is 0 Å². The lowest BCUT2D eigenvalue weighted by atomic mass is 9.98. The number of hydrogen-bond acceptors (Lipinski definition) is 10. The van der Waals surface area contributed by atoms with Crippen LogP contribution >= 0.6 is 11.6 Å². The maximum absolute atomic E-state index is 13.5. The van der Waals surface area contributed by atoms with E-state index in [4.69, 9.17) is 26.1 Å². The highest BCUT2D eigenvalue weighted by atomic mass is 35.5. The lowest BCUT2D eigenvalue weighted by molar-refractivity contribution is -0.254. The van der Waals surface area contributed by atoms with Gasteiger partial charge in [0.2, 0.25) is 0 Å². The molecule has 0 amide bonds. The molecule has 4 aromatic rings. The van der Waals surface area contributed by atoms with Crippen LogP contribution in [-0.4, -0.2) is 83.1 Å². The summed E-state index contributed by atoms with van der Waals surface area (Å²) in [7, 11) is 1.56. The van der Waals surface area contributed by atoms with Crippen LogP contribution in [0.25, 0.3) is 22.3 Å². The van der Waals surface area contributed by atoms with E-state index in [0.717, 1.165) is 0 Å². The monoisotopic (exact) mass is 529 g/mol. The number of benzene rings is 2. The summed E-state index contributed by atoms with van der Waals surface area (Å²) < 4.78 is 13.4. The molecule has 0 aliphatic carbocycles. The van der Waals surface area contributed by atoms with Gasteiger partial charge in [0.05, 0.1) is 37.4 Å². The Morgan fingerprint density at radius 1 is 1.08 bits per heavy atom. The topological polar surface area (TPSA) is 165 Å². The summed E-state index contributed by atoms with van der Waals surface area (Å²) in [4.78, 5) is 18.2. The van der Waals surface area contributed by atoms with Crippen molar-refractivity contribution < 1.29 is 29.9 Å². The van der Waals surface area contributed by atoms with Gasteiger partial charge in [0.25, 0.3) is 5.56 Å². The fourth-order valence-corrected chi connectivity index (χ4v) is 4.44. The van der Waals surface area contributed by atoms with Gasteiger partial charge in [-0.05, 0) is 42.5 Å². The highest BCUT2D eigenvalue weighted by Crippen LogP contribution is 2.28. The van der Waals surface area contributed by atoms with E-state index in [2.05, 4.69) is 10.3 Å². The molecule has 1 saturated heterocycles. The normalized spacial score (nSPS) is 23.9. The third kappa shape index (κ3) is 4.70. The first-order valence-corrected chi connectivity index (χ1v) is 11.7. The van der Waals surface area contributed by atoms with Crippen molar-refractivity contribution >= 4 is 22.5 Å². The summed E-state index contributed by atoms with van der Waals surface area (Å²) in [6, 6.07) is 11.9. The van der Waals surface area contributed by atoms with E-state index in [1.54, 1.807) is 49.6 Å². The zero-order chi connectivity index (χ0) is 26.3. The molecule has 2 aromatic heterocycles. The van der Waals surface area contributed by atoms with Gasteiger partial charge >= 0.3 is 0 Å². The standard InChI is InChI=1S/C24H24ClN5O7/c1-36-15-5-2-12(3-6-15)22-26-17-8-13(25)4-7-16(17)23(35)29(22)9-14-10-30(28-27-14)24-21(34)20(33)19(32)18(11-31)37-24/h2-8,10,18-21,24,31-34H,9,11H2,1H3/t18-,19+,20+,21-,24-/m1/s1. The van der Waals surface area contributed by atoms with Gasteiger partial charge in [-0.15, -0.1) is 5.10 Å². The van der Waals surface area contributed by atoms with Crippen molar-refractivity contribution in [1.29, 1.82) is 0 Å². The van der Waals surface area contributed by atoms with Gasteiger partial charge in [0.15, 0.2) is 6.23 Å². The van der Waals surface area contributed by atoms with E-state index in [9.17, 15) is 25.2 Å². The minimum Gasteiger partial charge on any atom is -0.497 e. The molecule has 0 saturated carbocycles. The molecule has 0 radical (unpaired) electrons. The van der Waals surface area contributed by atoms with Crippen LogP contribution in [0.1, 0.15) is 11.9 Å². The van der Waals surface area contributed by atoms with Crippen LogP contribution in [0.3, 0.4) is 0 Å². The van der Waals surface area contributed by atoms with Gasteiger partial charge in [-0.2, -0.15) is 0 Å². The second-order valence-corrected chi connectivity index (χ2v) is 9.06. The predicted octanol–water partition coefficient (Wildman–Crippen LogP) is 0.338. The zero-order valence-corrected chi connectivity index (χ0v) is 20.3. The molecule has 1 fully saturated rings. The van der Waals surface area contributed by atoms with E-state index in [1.165, 1.54) is 15.4 Å². The minimum absolute atomic E-state index is 0.0246. The van der Waals surface area contributed by atoms with Crippen LogP contribution in [0.2, 0.25) is 5.02 Å². The Morgan fingerprint density at radius 2 is 1.84 bits per heavy atom. The molecule has 5 rings (SSSR count). The van der Waals surface area contributed by atoms with Crippen LogP contribution in [0.5, 0.6) is 5.75 Å². The smallest absolute Gasteiger partial charge is 0.262 e. The van der Waals surface area contributed by atoms with Gasteiger partial charge in [-0.1, -0.05) is 16.8 Å².